The first-order valence-electron chi connectivity index (χ1n) is 7.60. The molecule has 2 aliphatic rings. The van der Waals surface area contributed by atoms with Gasteiger partial charge in [0.2, 0.25) is 5.91 Å². The summed E-state index contributed by atoms with van der Waals surface area (Å²) in [5.41, 5.74) is 0. The molecule has 0 N–H and O–H groups in total. The van der Waals surface area contributed by atoms with Crippen molar-refractivity contribution in [1.82, 2.24) is 19.4 Å². The van der Waals surface area contributed by atoms with E-state index in [1.807, 2.05) is 24.3 Å². The van der Waals surface area contributed by atoms with Crippen molar-refractivity contribution in [3.63, 3.8) is 0 Å². The fraction of sp³-hybridized carbons (Fsp3) is 0.733. The van der Waals surface area contributed by atoms with Gasteiger partial charge in [0.15, 0.2) is 0 Å². The second-order valence-electron chi connectivity index (χ2n) is 6.21. The molecule has 1 fully saturated rings. The summed E-state index contributed by atoms with van der Waals surface area (Å²) in [6.45, 7) is 3.11. The lowest BCUT2D eigenvalue weighted by Crippen LogP contribution is -2.47. The lowest BCUT2D eigenvalue weighted by atomic mass is 9.94. The monoisotopic (exact) mass is 276 g/mol. The number of carbonyl (C=O) groups excluding carboxylic acids is 1. The zero-order valence-electron chi connectivity index (χ0n) is 12.5. The van der Waals surface area contributed by atoms with Gasteiger partial charge in [0.1, 0.15) is 5.82 Å². The Morgan fingerprint density at radius 1 is 1.30 bits per heavy atom. The third-order valence-electron chi connectivity index (χ3n) is 4.88. The third-order valence-corrected chi connectivity index (χ3v) is 4.88. The normalized spacial score (nSPS) is 24.4. The Balaban J connectivity index is 1.61. The van der Waals surface area contributed by atoms with Crippen molar-refractivity contribution in [2.45, 2.75) is 38.3 Å². The molecule has 2 aliphatic heterocycles. The van der Waals surface area contributed by atoms with E-state index in [0.717, 1.165) is 51.1 Å². The van der Waals surface area contributed by atoms with Gasteiger partial charge in [-0.2, -0.15) is 0 Å². The maximum atomic E-state index is 12.7. The molecule has 0 radical (unpaired) electrons. The molecule has 5 heteroatoms. The Morgan fingerprint density at radius 3 is 2.80 bits per heavy atom. The number of amides is 1. The minimum Gasteiger partial charge on any atom is -0.342 e. The fourth-order valence-electron chi connectivity index (χ4n) is 3.41. The van der Waals surface area contributed by atoms with Crippen LogP contribution in [-0.4, -0.2) is 58.5 Å². The predicted octanol–water partition coefficient (Wildman–Crippen LogP) is 0.998. The van der Waals surface area contributed by atoms with Crippen molar-refractivity contribution < 1.29 is 4.79 Å². The lowest BCUT2D eigenvalue weighted by Gasteiger charge is -2.37. The summed E-state index contributed by atoms with van der Waals surface area (Å²) in [5, 5.41) is 0. The van der Waals surface area contributed by atoms with E-state index in [9.17, 15) is 4.79 Å². The number of rotatable bonds is 2. The van der Waals surface area contributed by atoms with Gasteiger partial charge in [-0.25, -0.2) is 4.98 Å². The van der Waals surface area contributed by atoms with Crippen LogP contribution in [0.3, 0.4) is 0 Å². The molecule has 1 amide bonds. The Bertz CT molecular complexity index is 476. The minimum absolute atomic E-state index is 0.120. The molecule has 20 heavy (non-hydrogen) atoms. The average Bonchev–Trinajstić information content (AvgIpc) is 2.94. The van der Waals surface area contributed by atoms with Crippen molar-refractivity contribution in [3.8, 4) is 0 Å². The predicted molar refractivity (Wildman–Crippen MR) is 77.3 cm³/mol. The van der Waals surface area contributed by atoms with Crippen LogP contribution < -0.4 is 0 Å². The molecule has 0 bridgehead atoms. The van der Waals surface area contributed by atoms with Gasteiger partial charge < -0.3 is 14.4 Å². The Kier molecular flexibility index (Phi) is 3.78. The number of hydrogen-bond donors (Lipinski definition) is 0. The van der Waals surface area contributed by atoms with Crippen LogP contribution in [0.1, 0.15) is 25.1 Å². The van der Waals surface area contributed by atoms with Crippen molar-refractivity contribution >= 4 is 5.91 Å². The number of carbonyl (C=O) groups is 1. The van der Waals surface area contributed by atoms with E-state index in [1.54, 1.807) is 0 Å². The van der Waals surface area contributed by atoms with E-state index in [2.05, 4.69) is 21.5 Å². The van der Waals surface area contributed by atoms with Crippen molar-refractivity contribution in [2.24, 2.45) is 5.92 Å². The molecule has 0 saturated carbocycles. The minimum atomic E-state index is 0.120. The quantitative estimate of drug-likeness (QED) is 0.809. The molecule has 1 saturated heterocycles. The van der Waals surface area contributed by atoms with Gasteiger partial charge >= 0.3 is 0 Å². The van der Waals surface area contributed by atoms with Crippen LogP contribution in [0.25, 0.3) is 0 Å². The smallest absolute Gasteiger partial charge is 0.226 e. The highest BCUT2D eigenvalue weighted by molar-refractivity contribution is 5.79. The lowest BCUT2D eigenvalue weighted by molar-refractivity contribution is -0.137. The Hall–Kier alpha value is -1.36. The highest BCUT2D eigenvalue weighted by atomic mass is 16.2. The molecular weight excluding hydrogens is 252 g/mol. The SMILES string of the molecule is CN1CCC(N(C)C(=O)C2CCn3ccnc3C2)CC1. The van der Waals surface area contributed by atoms with Gasteiger partial charge in [0, 0.05) is 44.4 Å². The topological polar surface area (TPSA) is 41.4 Å². The van der Waals surface area contributed by atoms with Crippen molar-refractivity contribution in [2.75, 3.05) is 27.2 Å². The van der Waals surface area contributed by atoms with Crippen LogP contribution >= 0.6 is 0 Å². The molecule has 1 atom stereocenters. The van der Waals surface area contributed by atoms with Crippen LogP contribution in [0.15, 0.2) is 12.4 Å². The zero-order chi connectivity index (χ0) is 14.1. The number of imidazole rings is 1. The number of aryl methyl sites for hydroxylation is 1. The van der Waals surface area contributed by atoms with Crippen LogP contribution in [0.2, 0.25) is 0 Å². The van der Waals surface area contributed by atoms with E-state index >= 15 is 0 Å². The van der Waals surface area contributed by atoms with Gasteiger partial charge in [-0.05, 0) is 39.4 Å². The van der Waals surface area contributed by atoms with E-state index in [1.165, 1.54) is 0 Å². The van der Waals surface area contributed by atoms with Crippen LogP contribution in [0.5, 0.6) is 0 Å². The first kappa shape index (κ1) is 13.6. The van der Waals surface area contributed by atoms with Gasteiger partial charge in [-0.15, -0.1) is 0 Å². The van der Waals surface area contributed by atoms with Crippen LogP contribution in [-0.2, 0) is 17.8 Å². The van der Waals surface area contributed by atoms with Crippen LogP contribution in [0.4, 0.5) is 0 Å². The summed E-state index contributed by atoms with van der Waals surface area (Å²) in [5.74, 6) is 1.50. The van der Waals surface area contributed by atoms with Gasteiger partial charge in [-0.1, -0.05) is 0 Å². The summed E-state index contributed by atoms with van der Waals surface area (Å²) >= 11 is 0. The molecule has 1 unspecified atom stereocenters. The summed E-state index contributed by atoms with van der Waals surface area (Å²) in [6.07, 6.45) is 7.78. The molecule has 1 aromatic rings. The van der Waals surface area contributed by atoms with Crippen molar-refractivity contribution in [3.05, 3.63) is 18.2 Å². The number of nitrogens with zero attached hydrogens (tertiary/aromatic N) is 4. The number of aromatic nitrogens is 2. The second-order valence-corrected chi connectivity index (χ2v) is 6.21. The van der Waals surface area contributed by atoms with Gasteiger partial charge in [-0.3, -0.25) is 4.79 Å². The highest BCUT2D eigenvalue weighted by Gasteiger charge is 2.31. The number of piperidine rings is 1. The molecule has 1 aromatic heterocycles. The van der Waals surface area contributed by atoms with E-state index < -0.39 is 0 Å². The number of hydrogen-bond acceptors (Lipinski definition) is 3. The number of likely N-dealkylation sites (tertiary alicyclic amines) is 1. The second kappa shape index (κ2) is 5.56. The molecule has 0 aliphatic carbocycles. The summed E-state index contributed by atoms with van der Waals surface area (Å²) in [7, 11) is 4.14. The largest absolute Gasteiger partial charge is 0.342 e. The molecule has 3 heterocycles. The average molecular weight is 276 g/mol. The molecule has 0 spiro atoms. The van der Waals surface area contributed by atoms with E-state index in [0.29, 0.717) is 11.9 Å². The molecule has 3 rings (SSSR count). The standard InChI is InChI=1S/C15H24N4O/c1-17-7-4-13(5-8-17)18(2)15(20)12-3-9-19-10-6-16-14(19)11-12/h6,10,12-13H,3-5,7-9,11H2,1-2H3. The third kappa shape index (κ3) is 2.59. The Labute approximate surface area is 120 Å². The summed E-state index contributed by atoms with van der Waals surface area (Å²) in [6, 6.07) is 0.417. The van der Waals surface area contributed by atoms with Gasteiger partial charge in [0.05, 0.1) is 0 Å². The highest BCUT2D eigenvalue weighted by Crippen LogP contribution is 2.23. The molecule has 110 valence electrons. The van der Waals surface area contributed by atoms with Gasteiger partial charge in [0.25, 0.3) is 0 Å². The number of fused-ring (bicyclic) bond motifs is 1. The van der Waals surface area contributed by atoms with Crippen LogP contribution in [0, 0.1) is 5.92 Å². The van der Waals surface area contributed by atoms with E-state index in [-0.39, 0.29) is 5.92 Å². The Morgan fingerprint density at radius 2 is 2.05 bits per heavy atom. The first-order valence-corrected chi connectivity index (χ1v) is 7.60. The van der Waals surface area contributed by atoms with E-state index in [4.69, 9.17) is 0 Å². The zero-order valence-corrected chi connectivity index (χ0v) is 12.5. The van der Waals surface area contributed by atoms with Crippen molar-refractivity contribution in [1.29, 1.82) is 0 Å². The first-order chi connectivity index (χ1) is 9.65. The molecular formula is C15H24N4O. The maximum Gasteiger partial charge on any atom is 0.226 e. The summed E-state index contributed by atoms with van der Waals surface area (Å²) < 4.78 is 2.17. The molecule has 5 nitrogen and oxygen atoms in total. The fourth-order valence-corrected chi connectivity index (χ4v) is 3.41. The summed E-state index contributed by atoms with van der Waals surface area (Å²) in [4.78, 5) is 21.4. The molecule has 0 aromatic carbocycles. The maximum absolute atomic E-state index is 12.7.